The third-order valence-electron chi connectivity index (χ3n) is 3.85. The first-order chi connectivity index (χ1) is 11.2. The van der Waals surface area contributed by atoms with Gasteiger partial charge in [-0.15, -0.1) is 0 Å². The fraction of sp³-hybridized carbons (Fsp3) is 0.333. The Bertz CT molecular complexity index is 751. The van der Waals surface area contributed by atoms with Gasteiger partial charge in [-0.25, -0.2) is 9.97 Å². The van der Waals surface area contributed by atoms with Crippen LogP contribution in [0.3, 0.4) is 0 Å². The maximum Gasteiger partial charge on any atom is 0.153 e. The lowest BCUT2D eigenvalue weighted by atomic mass is 10.0. The van der Waals surface area contributed by atoms with Crippen LogP contribution in [0.1, 0.15) is 24.7 Å². The van der Waals surface area contributed by atoms with Gasteiger partial charge in [0.05, 0.1) is 11.4 Å². The molecule has 0 fully saturated rings. The highest BCUT2D eigenvalue weighted by atomic mass is 16.5. The predicted molar refractivity (Wildman–Crippen MR) is 92.4 cm³/mol. The number of aromatic nitrogens is 3. The quantitative estimate of drug-likeness (QED) is 0.684. The van der Waals surface area contributed by atoms with E-state index in [9.17, 15) is 0 Å². The molecule has 0 radical (unpaired) electrons. The Morgan fingerprint density at radius 1 is 1.13 bits per heavy atom. The molecule has 0 amide bonds. The second-order valence-electron chi connectivity index (χ2n) is 5.54. The van der Waals surface area contributed by atoms with Crippen LogP contribution >= 0.6 is 0 Å². The van der Waals surface area contributed by atoms with Crippen molar-refractivity contribution in [2.24, 2.45) is 0 Å². The number of aryl methyl sites for hydroxylation is 1. The molecule has 2 aliphatic heterocycles. The summed E-state index contributed by atoms with van der Waals surface area (Å²) in [6, 6.07) is 10.2. The zero-order valence-corrected chi connectivity index (χ0v) is 13.6. The van der Waals surface area contributed by atoms with Crippen molar-refractivity contribution in [1.29, 1.82) is 0 Å². The molecule has 0 saturated carbocycles. The third kappa shape index (κ3) is 3.19. The molecule has 1 aromatic rings. The largest absolute Gasteiger partial charge is 0.382 e. The Labute approximate surface area is 136 Å². The molecule has 1 aromatic carbocycles. The van der Waals surface area contributed by atoms with E-state index in [4.69, 9.17) is 15.5 Å². The maximum absolute atomic E-state index is 6.08. The summed E-state index contributed by atoms with van der Waals surface area (Å²) < 4.78 is 5.47. The minimum atomic E-state index is 0.476. The lowest BCUT2D eigenvalue weighted by Gasteiger charge is -2.08. The van der Waals surface area contributed by atoms with E-state index >= 15 is 0 Å². The molecule has 3 rings (SSSR count). The molecule has 2 heterocycles. The van der Waals surface area contributed by atoms with E-state index in [1.54, 1.807) is 0 Å². The number of nitrogens with two attached hydrogens (primary N) is 1. The Kier molecular flexibility index (Phi) is 4.57. The number of nitrogens with one attached hydrogen (secondary N) is 1. The highest BCUT2D eigenvalue weighted by Gasteiger charge is 2.22. The molecule has 23 heavy (non-hydrogen) atoms. The first kappa shape index (κ1) is 15.5. The van der Waals surface area contributed by atoms with Crippen LogP contribution in [0, 0.1) is 6.92 Å². The summed E-state index contributed by atoms with van der Waals surface area (Å²) in [4.78, 5) is 12.4. The van der Waals surface area contributed by atoms with Crippen molar-refractivity contribution in [3.8, 4) is 22.6 Å². The first-order valence-electron chi connectivity index (χ1n) is 7.98. The lowest BCUT2D eigenvalue weighted by molar-refractivity contribution is 0.145. The van der Waals surface area contributed by atoms with Gasteiger partial charge in [0, 0.05) is 24.3 Å². The summed E-state index contributed by atoms with van der Waals surface area (Å²) in [5.41, 5.74) is 11.1. The number of hydrogen-bond acceptors (Lipinski definition) is 4. The van der Waals surface area contributed by atoms with Gasteiger partial charge in [0.2, 0.25) is 0 Å². The van der Waals surface area contributed by atoms with Crippen LogP contribution in [-0.4, -0.2) is 28.2 Å². The minimum Gasteiger partial charge on any atom is -0.382 e. The molecule has 0 saturated heterocycles. The fourth-order valence-electron chi connectivity index (χ4n) is 2.83. The highest BCUT2D eigenvalue weighted by molar-refractivity contribution is 5.81. The lowest BCUT2D eigenvalue weighted by Crippen LogP contribution is -2.02. The summed E-state index contributed by atoms with van der Waals surface area (Å²) in [5, 5.41) is 0. The third-order valence-corrected chi connectivity index (χ3v) is 3.85. The van der Waals surface area contributed by atoms with Crippen LogP contribution in [0.2, 0.25) is 0 Å². The molecule has 0 bridgehead atoms. The number of H-pyrrole nitrogens is 1. The number of fused-ring (bicyclic) bond motifs is 1. The van der Waals surface area contributed by atoms with Crippen LogP contribution in [0.4, 0.5) is 5.82 Å². The predicted octanol–water partition coefficient (Wildman–Crippen LogP) is 3.44. The number of nitrogens with zero attached hydrogens (tertiary/aromatic N) is 2. The van der Waals surface area contributed by atoms with Gasteiger partial charge in [-0.3, -0.25) is 0 Å². The zero-order valence-electron chi connectivity index (χ0n) is 13.6. The van der Waals surface area contributed by atoms with Crippen LogP contribution in [-0.2, 0) is 11.2 Å². The number of ether oxygens (including phenoxy) is 1. The van der Waals surface area contributed by atoms with E-state index in [1.807, 2.05) is 32.0 Å². The average molecular weight is 310 g/mol. The Morgan fingerprint density at radius 3 is 2.65 bits per heavy atom. The monoisotopic (exact) mass is 310 g/mol. The molecule has 3 N–H and O–H groups in total. The van der Waals surface area contributed by atoms with Gasteiger partial charge < -0.3 is 15.5 Å². The summed E-state index contributed by atoms with van der Waals surface area (Å²) in [7, 11) is 0. The number of anilines is 1. The van der Waals surface area contributed by atoms with Gasteiger partial charge in [0.25, 0.3) is 0 Å². The number of aromatic amines is 1. The molecule has 0 spiro atoms. The summed E-state index contributed by atoms with van der Waals surface area (Å²) >= 11 is 0. The van der Waals surface area contributed by atoms with E-state index in [0.29, 0.717) is 5.82 Å². The topological polar surface area (TPSA) is 76.8 Å². The molecule has 5 heteroatoms. The summed E-state index contributed by atoms with van der Waals surface area (Å²) in [6.07, 6.45) is 1.84. The van der Waals surface area contributed by atoms with Crippen molar-refractivity contribution in [3.05, 3.63) is 41.7 Å². The molecular formula is C18H22N4O. The number of hydrogen-bond donors (Lipinski definition) is 2. The fourth-order valence-corrected chi connectivity index (χ4v) is 2.83. The van der Waals surface area contributed by atoms with Crippen molar-refractivity contribution in [3.63, 3.8) is 0 Å². The smallest absolute Gasteiger partial charge is 0.153 e. The summed E-state index contributed by atoms with van der Waals surface area (Å²) in [6.45, 7) is 5.41. The Morgan fingerprint density at radius 2 is 1.91 bits per heavy atom. The molecule has 0 unspecified atom stereocenters. The Balaban J connectivity index is 2.06. The normalized spacial score (nSPS) is 11.2. The minimum absolute atomic E-state index is 0.476. The van der Waals surface area contributed by atoms with E-state index < -0.39 is 0 Å². The van der Waals surface area contributed by atoms with E-state index in [-0.39, 0.29) is 0 Å². The summed E-state index contributed by atoms with van der Waals surface area (Å²) in [5.74, 6) is 1.28. The average Bonchev–Trinajstić information content (AvgIpc) is 2.91. The van der Waals surface area contributed by atoms with Crippen molar-refractivity contribution in [2.75, 3.05) is 18.9 Å². The Hall–Kier alpha value is -2.40. The van der Waals surface area contributed by atoms with Gasteiger partial charge in [-0.2, -0.15) is 0 Å². The standard InChI is InChI=1S/C18H22N4O/c1-3-23-11-7-10-14-15(13-8-5-4-6-9-13)22-17-16(14)20-12(2)21-18(17)19/h4-6,8-9H,3,7,10-11,19H2,1-2H3,(H,20,21). The molecule has 0 aromatic heterocycles. The van der Waals surface area contributed by atoms with Crippen LogP contribution in [0.15, 0.2) is 30.3 Å². The van der Waals surface area contributed by atoms with Crippen LogP contribution in [0.5, 0.6) is 0 Å². The molecule has 120 valence electrons. The SMILES string of the molecule is CCOCCCc1c(-c2ccccc2)nc2c(N)nc(C)[nH]c1-2. The van der Waals surface area contributed by atoms with Crippen molar-refractivity contribution in [1.82, 2.24) is 15.0 Å². The molecule has 0 aliphatic carbocycles. The molecular weight excluding hydrogens is 288 g/mol. The highest BCUT2D eigenvalue weighted by Crippen LogP contribution is 2.36. The number of benzene rings is 1. The number of rotatable bonds is 6. The van der Waals surface area contributed by atoms with Gasteiger partial charge in [-0.1, -0.05) is 30.3 Å². The van der Waals surface area contributed by atoms with E-state index in [1.165, 1.54) is 5.56 Å². The van der Waals surface area contributed by atoms with E-state index in [2.05, 4.69) is 22.1 Å². The molecule has 0 atom stereocenters. The first-order valence-corrected chi connectivity index (χ1v) is 7.98. The van der Waals surface area contributed by atoms with E-state index in [0.717, 1.165) is 54.5 Å². The number of nitrogen functional groups attached to an aromatic ring is 1. The van der Waals surface area contributed by atoms with Crippen molar-refractivity contribution >= 4 is 5.82 Å². The second kappa shape index (κ2) is 6.79. The van der Waals surface area contributed by atoms with Gasteiger partial charge >= 0.3 is 0 Å². The van der Waals surface area contributed by atoms with Crippen LogP contribution in [0.25, 0.3) is 22.6 Å². The second-order valence-corrected chi connectivity index (χ2v) is 5.54. The van der Waals surface area contributed by atoms with Gasteiger partial charge in [0.1, 0.15) is 11.5 Å². The van der Waals surface area contributed by atoms with Crippen molar-refractivity contribution in [2.45, 2.75) is 26.7 Å². The van der Waals surface area contributed by atoms with Gasteiger partial charge in [0.15, 0.2) is 5.82 Å². The zero-order chi connectivity index (χ0) is 16.2. The van der Waals surface area contributed by atoms with Gasteiger partial charge in [-0.05, 0) is 26.7 Å². The maximum atomic E-state index is 6.08. The van der Waals surface area contributed by atoms with Crippen LogP contribution < -0.4 is 5.73 Å². The molecule has 5 nitrogen and oxygen atoms in total. The molecule has 2 aliphatic rings. The van der Waals surface area contributed by atoms with Crippen molar-refractivity contribution < 1.29 is 4.74 Å².